The molecule has 1 aliphatic carbocycles. The van der Waals surface area contributed by atoms with E-state index in [2.05, 4.69) is 60.5 Å². The number of benzene rings is 1. The standard InChI is InChI=1S/C18H28N2/c1-3-20(4-2)15-17-12-8-9-13-18(17)19-14-16-10-6-5-7-11-16/h5-6,8-9,12-13,16,19H,3-4,7,10-11,14-15H2,1-2H3. The van der Waals surface area contributed by atoms with Crippen molar-refractivity contribution in [2.24, 2.45) is 5.92 Å². The van der Waals surface area contributed by atoms with Crippen LogP contribution in [-0.4, -0.2) is 24.5 Å². The minimum absolute atomic E-state index is 0.793. The lowest BCUT2D eigenvalue weighted by atomic mass is 9.94. The summed E-state index contributed by atoms with van der Waals surface area (Å²) in [7, 11) is 0. The number of hydrogen-bond donors (Lipinski definition) is 1. The van der Waals surface area contributed by atoms with E-state index in [0.29, 0.717) is 0 Å². The van der Waals surface area contributed by atoms with Crippen molar-refractivity contribution in [3.63, 3.8) is 0 Å². The molecule has 1 atom stereocenters. The molecule has 2 heteroatoms. The highest BCUT2D eigenvalue weighted by Gasteiger charge is 2.11. The van der Waals surface area contributed by atoms with Crippen molar-refractivity contribution in [1.82, 2.24) is 4.90 Å². The van der Waals surface area contributed by atoms with Crippen LogP contribution in [0.3, 0.4) is 0 Å². The zero-order valence-electron chi connectivity index (χ0n) is 12.9. The molecule has 20 heavy (non-hydrogen) atoms. The van der Waals surface area contributed by atoms with Crippen LogP contribution in [0.4, 0.5) is 5.69 Å². The molecule has 1 aliphatic rings. The molecule has 110 valence electrons. The first-order valence-electron chi connectivity index (χ1n) is 8.02. The molecule has 0 radical (unpaired) electrons. The van der Waals surface area contributed by atoms with Crippen molar-refractivity contribution in [2.45, 2.75) is 39.7 Å². The molecule has 0 saturated carbocycles. The van der Waals surface area contributed by atoms with E-state index in [1.807, 2.05) is 0 Å². The summed E-state index contributed by atoms with van der Waals surface area (Å²) in [5.41, 5.74) is 2.73. The van der Waals surface area contributed by atoms with Crippen LogP contribution in [0, 0.1) is 5.92 Å². The van der Waals surface area contributed by atoms with E-state index in [9.17, 15) is 0 Å². The lowest BCUT2D eigenvalue weighted by molar-refractivity contribution is 0.296. The average Bonchev–Trinajstić information content (AvgIpc) is 2.52. The van der Waals surface area contributed by atoms with Crippen molar-refractivity contribution in [1.29, 1.82) is 0 Å². The molecule has 0 amide bonds. The number of nitrogens with one attached hydrogen (secondary N) is 1. The van der Waals surface area contributed by atoms with Crippen molar-refractivity contribution >= 4 is 5.69 Å². The Labute approximate surface area is 123 Å². The second kappa shape index (κ2) is 8.11. The highest BCUT2D eigenvalue weighted by atomic mass is 15.1. The van der Waals surface area contributed by atoms with Gasteiger partial charge in [-0.3, -0.25) is 4.90 Å². The molecule has 1 aromatic carbocycles. The highest BCUT2D eigenvalue weighted by Crippen LogP contribution is 2.21. The Balaban J connectivity index is 1.94. The lowest BCUT2D eigenvalue weighted by Crippen LogP contribution is -2.23. The number of hydrogen-bond acceptors (Lipinski definition) is 2. The molecule has 1 aromatic rings. The summed E-state index contributed by atoms with van der Waals surface area (Å²) in [5, 5.41) is 3.68. The van der Waals surface area contributed by atoms with Crippen LogP contribution in [0.15, 0.2) is 36.4 Å². The van der Waals surface area contributed by atoms with Gasteiger partial charge in [0.2, 0.25) is 0 Å². The summed E-state index contributed by atoms with van der Waals surface area (Å²) in [6.45, 7) is 8.82. The Kier molecular flexibility index (Phi) is 6.13. The zero-order valence-corrected chi connectivity index (χ0v) is 12.9. The fourth-order valence-electron chi connectivity index (χ4n) is 2.81. The first-order valence-corrected chi connectivity index (χ1v) is 8.02. The highest BCUT2D eigenvalue weighted by molar-refractivity contribution is 5.51. The largest absolute Gasteiger partial charge is 0.384 e. The summed E-state index contributed by atoms with van der Waals surface area (Å²) < 4.78 is 0. The number of anilines is 1. The molecule has 2 nitrogen and oxygen atoms in total. The van der Waals surface area contributed by atoms with Gasteiger partial charge >= 0.3 is 0 Å². The maximum absolute atomic E-state index is 3.68. The van der Waals surface area contributed by atoms with E-state index in [0.717, 1.165) is 32.1 Å². The van der Waals surface area contributed by atoms with E-state index < -0.39 is 0 Å². The van der Waals surface area contributed by atoms with Gasteiger partial charge in [0.1, 0.15) is 0 Å². The molecule has 0 spiro atoms. The molecule has 0 aliphatic heterocycles. The normalized spacial score (nSPS) is 18.4. The van der Waals surface area contributed by atoms with Crippen molar-refractivity contribution in [3.8, 4) is 0 Å². The van der Waals surface area contributed by atoms with Gasteiger partial charge in [-0.15, -0.1) is 0 Å². The van der Waals surface area contributed by atoms with E-state index >= 15 is 0 Å². The molecular formula is C18H28N2. The lowest BCUT2D eigenvalue weighted by Gasteiger charge is -2.23. The summed E-state index contributed by atoms with van der Waals surface area (Å²) in [4.78, 5) is 2.46. The van der Waals surface area contributed by atoms with Crippen LogP contribution in [0.1, 0.15) is 38.7 Å². The third kappa shape index (κ3) is 4.38. The molecule has 1 unspecified atom stereocenters. The second-order valence-corrected chi connectivity index (χ2v) is 5.65. The van der Waals surface area contributed by atoms with Gasteiger partial charge in [-0.05, 0) is 49.9 Å². The topological polar surface area (TPSA) is 15.3 Å². The smallest absolute Gasteiger partial charge is 0.0385 e. The Morgan fingerprint density at radius 3 is 2.65 bits per heavy atom. The average molecular weight is 272 g/mol. The third-order valence-electron chi connectivity index (χ3n) is 4.26. The Bertz CT molecular complexity index is 421. The molecule has 1 N–H and O–H groups in total. The maximum atomic E-state index is 3.68. The van der Waals surface area contributed by atoms with Crippen LogP contribution < -0.4 is 5.32 Å². The number of nitrogens with zero attached hydrogens (tertiary/aromatic N) is 1. The van der Waals surface area contributed by atoms with Gasteiger partial charge in [-0.1, -0.05) is 44.2 Å². The van der Waals surface area contributed by atoms with Crippen LogP contribution >= 0.6 is 0 Å². The van der Waals surface area contributed by atoms with Gasteiger partial charge < -0.3 is 5.32 Å². The molecule has 0 aromatic heterocycles. The molecule has 2 rings (SSSR count). The predicted molar refractivity (Wildman–Crippen MR) is 88.0 cm³/mol. The number of para-hydroxylation sites is 1. The molecule has 0 fully saturated rings. The summed E-state index contributed by atoms with van der Waals surface area (Å²) in [6, 6.07) is 8.75. The van der Waals surface area contributed by atoms with Crippen LogP contribution in [0.5, 0.6) is 0 Å². The first-order chi connectivity index (χ1) is 9.83. The molecule has 0 heterocycles. The first kappa shape index (κ1) is 15.1. The fourth-order valence-corrected chi connectivity index (χ4v) is 2.81. The SMILES string of the molecule is CCN(CC)Cc1ccccc1NCC1CC=CCC1. The van der Waals surface area contributed by atoms with E-state index in [1.54, 1.807) is 0 Å². The minimum Gasteiger partial charge on any atom is -0.384 e. The fraction of sp³-hybridized carbons (Fsp3) is 0.556. The Morgan fingerprint density at radius 1 is 1.15 bits per heavy atom. The molecule has 0 bridgehead atoms. The van der Waals surface area contributed by atoms with E-state index in [-0.39, 0.29) is 0 Å². The van der Waals surface area contributed by atoms with Crippen LogP contribution in [0.2, 0.25) is 0 Å². The third-order valence-corrected chi connectivity index (χ3v) is 4.26. The van der Waals surface area contributed by atoms with Crippen molar-refractivity contribution in [2.75, 3.05) is 25.0 Å². The van der Waals surface area contributed by atoms with Gasteiger partial charge in [-0.2, -0.15) is 0 Å². The van der Waals surface area contributed by atoms with E-state index in [4.69, 9.17) is 0 Å². The van der Waals surface area contributed by atoms with Gasteiger partial charge in [0, 0.05) is 18.8 Å². The van der Waals surface area contributed by atoms with Gasteiger partial charge in [0.25, 0.3) is 0 Å². The van der Waals surface area contributed by atoms with Gasteiger partial charge in [0.05, 0.1) is 0 Å². The van der Waals surface area contributed by atoms with Crippen molar-refractivity contribution < 1.29 is 0 Å². The molecular weight excluding hydrogens is 244 g/mol. The number of rotatable bonds is 7. The molecule has 0 saturated heterocycles. The van der Waals surface area contributed by atoms with Crippen LogP contribution in [-0.2, 0) is 6.54 Å². The summed E-state index contributed by atoms with van der Waals surface area (Å²) in [5.74, 6) is 0.793. The second-order valence-electron chi connectivity index (χ2n) is 5.65. The van der Waals surface area contributed by atoms with Crippen molar-refractivity contribution in [3.05, 3.63) is 42.0 Å². The Hall–Kier alpha value is -1.28. The van der Waals surface area contributed by atoms with Crippen LogP contribution in [0.25, 0.3) is 0 Å². The predicted octanol–water partition coefficient (Wildman–Crippen LogP) is 4.30. The van der Waals surface area contributed by atoms with E-state index in [1.165, 1.54) is 30.5 Å². The minimum atomic E-state index is 0.793. The summed E-state index contributed by atoms with van der Waals surface area (Å²) in [6.07, 6.45) is 8.43. The van der Waals surface area contributed by atoms with Gasteiger partial charge in [0.15, 0.2) is 0 Å². The monoisotopic (exact) mass is 272 g/mol. The Morgan fingerprint density at radius 2 is 1.95 bits per heavy atom. The van der Waals surface area contributed by atoms with Gasteiger partial charge in [-0.25, -0.2) is 0 Å². The zero-order chi connectivity index (χ0) is 14.2. The maximum Gasteiger partial charge on any atom is 0.0385 e. The number of allylic oxidation sites excluding steroid dienone is 2. The summed E-state index contributed by atoms with van der Waals surface area (Å²) >= 11 is 0. The quantitative estimate of drug-likeness (QED) is 0.745.